The molecule has 0 bridgehead atoms. The first kappa shape index (κ1) is 12.9. The van der Waals surface area contributed by atoms with E-state index in [4.69, 9.17) is 9.84 Å². The van der Waals surface area contributed by atoms with Crippen molar-refractivity contribution in [3.05, 3.63) is 29.6 Å². The molecule has 1 fully saturated rings. The summed E-state index contributed by atoms with van der Waals surface area (Å²) in [5.74, 6) is 5.65. The monoisotopic (exact) mass is 248 g/mol. The van der Waals surface area contributed by atoms with Crippen molar-refractivity contribution in [3.63, 3.8) is 0 Å². The lowest BCUT2D eigenvalue weighted by atomic mass is 10.2. The van der Waals surface area contributed by atoms with Crippen LogP contribution in [0.2, 0.25) is 0 Å². The summed E-state index contributed by atoms with van der Waals surface area (Å²) in [6.07, 6.45) is 4.88. The van der Waals surface area contributed by atoms with E-state index in [2.05, 4.69) is 11.8 Å². The second-order valence-corrected chi connectivity index (χ2v) is 4.44. The zero-order chi connectivity index (χ0) is 12.8. The number of rotatable bonds is 3. The second-order valence-electron chi connectivity index (χ2n) is 4.44. The quantitative estimate of drug-likeness (QED) is 0.833. The van der Waals surface area contributed by atoms with Crippen LogP contribution in [0.4, 0.5) is 4.39 Å². The Balaban J connectivity index is 2.08. The van der Waals surface area contributed by atoms with Gasteiger partial charge in [0.1, 0.15) is 0 Å². The topological polar surface area (TPSA) is 29.5 Å². The first-order chi connectivity index (χ1) is 8.79. The van der Waals surface area contributed by atoms with Crippen LogP contribution in [-0.2, 0) is 0 Å². The van der Waals surface area contributed by atoms with Gasteiger partial charge in [-0.05, 0) is 43.9 Å². The number of aliphatic hydroxyl groups is 1. The third-order valence-electron chi connectivity index (χ3n) is 3.00. The fourth-order valence-electron chi connectivity index (χ4n) is 2.08. The Kier molecular flexibility index (Phi) is 4.60. The molecule has 1 N–H and O–H groups in total. The summed E-state index contributed by atoms with van der Waals surface area (Å²) in [5.41, 5.74) is 0.720. The molecule has 1 saturated carbocycles. The predicted molar refractivity (Wildman–Crippen MR) is 67.9 cm³/mol. The van der Waals surface area contributed by atoms with Crippen molar-refractivity contribution in [2.24, 2.45) is 0 Å². The van der Waals surface area contributed by atoms with Crippen LogP contribution in [0, 0.1) is 17.7 Å². The Labute approximate surface area is 107 Å². The van der Waals surface area contributed by atoms with Crippen LogP contribution in [0.5, 0.6) is 5.75 Å². The molecule has 0 spiro atoms. The molecular weight excluding hydrogens is 231 g/mol. The normalized spacial score (nSPS) is 15.2. The standard InChI is InChI=1S/C15H17FO2/c16-14-9-8-12(5-3-4-10-17)11-15(14)18-13-6-1-2-7-13/h8-9,11,13,17H,1-2,4,6-7,10H2. The molecule has 0 aliphatic heterocycles. The average molecular weight is 248 g/mol. The Morgan fingerprint density at radius 1 is 1.33 bits per heavy atom. The number of hydrogen-bond acceptors (Lipinski definition) is 2. The zero-order valence-corrected chi connectivity index (χ0v) is 10.3. The fraction of sp³-hybridized carbons (Fsp3) is 0.467. The minimum atomic E-state index is -0.338. The number of hydrogen-bond donors (Lipinski definition) is 1. The number of halogens is 1. The molecular formula is C15H17FO2. The highest BCUT2D eigenvalue weighted by molar-refractivity contribution is 5.40. The molecule has 0 saturated heterocycles. The highest BCUT2D eigenvalue weighted by Gasteiger charge is 2.18. The average Bonchev–Trinajstić information content (AvgIpc) is 2.86. The van der Waals surface area contributed by atoms with Crippen molar-refractivity contribution < 1.29 is 14.2 Å². The van der Waals surface area contributed by atoms with Gasteiger partial charge in [0.2, 0.25) is 0 Å². The smallest absolute Gasteiger partial charge is 0.165 e. The maximum absolute atomic E-state index is 13.6. The second kappa shape index (κ2) is 6.42. The molecule has 3 heteroatoms. The molecule has 0 atom stereocenters. The van der Waals surface area contributed by atoms with E-state index in [9.17, 15) is 4.39 Å². The minimum Gasteiger partial charge on any atom is -0.487 e. The summed E-state index contributed by atoms with van der Waals surface area (Å²) in [7, 11) is 0. The summed E-state index contributed by atoms with van der Waals surface area (Å²) in [4.78, 5) is 0. The maximum Gasteiger partial charge on any atom is 0.165 e. The van der Waals surface area contributed by atoms with Crippen LogP contribution < -0.4 is 4.74 Å². The van der Waals surface area contributed by atoms with Gasteiger partial charge < -0.3 is 9.84 Å². The van der Waals surface area contributed by atoms with E-state index in [-0.39, 0.29) is 24.3 Å². The van der Waals surface area contributed by atoms with Gasteiger partial charge >= 0.3 is 0 Å². The van der Waals surface area contributed by atoms with Crippen LogP contribution in [0.3, 0.4) is 0 Å². The molecule has 1 aliphatic carbocycles. The molecule has 0 aromatic heterocycles. The maximum atomic E-state index is 13.6. The zero-order valence-electron chi connectivity index (χ0n) is 10.3. The lowest BCUT2D eigenvalue weighted by molar-refractivity contribution is 0.200. The Morgan fingerprint density at radius 3 is 2.83 bits per heavy atom. The number of benzene rings is 1. The fourth-order valence-corrected chi connectivity index (χ4v) is 2.08. The summed E-state index contributed by atoms with van der Waals surface area (Å²) in [6.45, 7) is 0.0413. The molecule has 1 aromatic carbocycles. The van der Waals surface area contributed by atoms with Crippen LogP contribution >= 0.6 is 0 Å². The van der Waals surface area contributed by atoms with Gasteiger partial charge in [0, 0.05) is 12.0 Å². The SMILES string of the molecule is OCCC#Cc1ccc(F)c(OC2CCCC2)c1. The molecule has 18 heavy (non-hydrogen) atoms. The van der Waals surface area contributed by atoms with Crippen molar-refractivity contribution in [1.29, 1.82) is 0 Å². The van der Waals surface area contributed by atoms with Gasteiger partial charge in [0.05, 0.1) is 12.7 Å². The van der Waals surface area contributed by atoms with Gasteiger partial charge in [-0.25, -0.2) is 4.39 Å². The molecule has 96 valence electrons. The predicted octanol–water partition coefficient (Wildman–Crippen LogP) is 2.88. The minimum absolute atomic E-state index is 0.0413. The van der Waals surface area contributed by atoms with E-state index in [0.717, 1.165) is 31.2 Å². The highest BCUT2D eigenvalue weighted by Crippen LogP contribution is 2.26. The van der Waals surface area contributed by atoms with Crippen molar-refractivity contribution >= 4 is 0 Å². The van der Waals surface area contributed by atoms with E-state index in [1.165, 1.54) is 6.07 Å². The van der Waals surface area contributed by atoms with Crippen molar-refractivity contribution in [2.45, 2.75) is 38.2 Å². The van der Waals surface area contributed by atoms with Gasteiger partial charge in [-0.2, -0.15) is 0 Å². The van der Waals surface area contributed by atoms with Crippen molar-refractivity contribution in [3.8, 4) is 17.6 Å². The Morgan fingerprint density at radius 2 is 2.11 bits per heavy atom. The molecule has 0 amide bonds. The van der Waals surface area contributed by atoms with E-state index >= 15 is 0 Å². The lowest BCUT2D eigenvalue weighted by Crippen LogP contribution is -2.11. The summed E-state index contributed by atoms with van der Waals surface area (Å²) in [5, 5.41) is 8.65. The molecule has 1 aromatic rings. The van der Waals surface area contributed by atoms with Gasteiger partial charge in [-0.15, -0.1) is 0 Å². The molecule has 0 unspecified atom stereocenters. The van der Waals surface area contributed by atoms with Gasteiger partial charge in [-0.3, -0.25) is 0 Å². The Hall–Kier alpha value is -1.53. The summed E-state index contributed by atoms with van der Waals surface area (Å²) < 4.78 is 19.3. The number of aliphatic hydroxyl groups excluding tert-OH is 1. The molecule has 2 rings (SSSR count). The van der Waals surface area contributed by atoms with Crippen molar-refractivity contribution in [1.82, 2.24) is 0 Å². The highest BCUT2D eigenvalue weighted by atomic mass is 19.1. The molecule has 0 heterocycles. The van der Waals surface area contributed by atoms with E-state index in [1.54, 1.807) is 12.1 Å². The van der Waals surface area contributed by atoms with Crippen molar-refractivity contribution in [2.75, 3.05) is 6.61 Å². The van der Waals surface area contributed by atoms with Gasteiger partial charge in [0.25, 0.3) is 0 Å². The van der Waals surface area contributed by atoms with E-state index in [0.29, 0.717) is 6.42 Å². The molecule has 2 nitrogen and oxygen atoms in total. The van der Waals surface area contributed by atoms with Crippen LogP contribution in [0.1, 0.15) is 37.7 Å². The van der Waals surface area contributed by atoms with Gasteiger partial charge in [-0.1, -0.05) is 11.8 Å². The van der Waals surface area contributed by atoms with Crippen LogP contribution in [0.15, 0.2) is 18.2 Å². The Bertz CT molecular complexity index is 453. The first-order valence-electron chi connectivity index (χ1n) is 6.35. The number of ether oxygens (including phenoxy) is 1. The molecule has 0 radical (unpaired) electrons. The molecule has 1 aliphatic rings. The third-order valence-corrected chi connectivity index (χ3v) is 3.00. The third kappa shape index (κ3) is 3.48. The largest absolute Gasteiger partial charge is 0.487 e. The van der Waals surface area contributed by atoms with Crippen LogP contribution in [0.25, 0.3) is 0 Å². The van der Waals surface area contributed by atoms with Crippen LogP contribution in [-0.4, -0.2) is 17.8 Å². The van der Waals surface area contributed by atoms with Gasteiger partial charge in [0.15, 0.2) is 11.6 Å². The summed E-state index contributed by atoms with van der Waals surface area (Å²) in [6, 6.07) is 4.65. The van der Waals surface area contributed by atoms with E-state index < -0.39 is 0 Å². The lowest BCUT2D eigenvalue weighted by Gasteiger charge is -2.13. The van der Waals surface area contributed by atoms with E-state index in [1.807, 2.05) is 0 Å². The summed E-state index contributed by atoms with van der Waals surface area (Å²) >= 11 is 0. The first-order valence-corrected chi connectivity index (χ1v) is 6.35.